The van der Waals surface area contributed by atoms with Crippen LogP contribution in [0.5, 0.6) is 0 Å². The van der Waals surface area contributed by atoms with Crippen LogP contribution in [0.4, 0.5) is 10.5 Å². The van der Waals surface area contributed by atoms with Gasteiger partial charge in [-0.1, -0.05) is 32.4 Å². The highest BCUT2D eigenvalue weighted by Crippen LogP contribution is 2.11. The molecule has 2 amide bonds. The first kappa shape index (κ1) is 15.5. The van der Waals surface area contributed by atoms with E-state index in [1.165, 1.54) is 18.4 Å². The molecule has 0 aliphatic rings. The number of aliphatic hydroxyl groups excluding tert-OH is 1. The summed E-state index contributed by atoms with van der Waals surface area (Å²) in [5, 5.41) is 14.5. The lowest BCUT2D eigenvalue weighted by atomic mass is 10.1. The zero-order valence-corrected chi connectivity index (χ0v) is 11.8. The topological polar surface area (TPSA) is 61.4 Å². The first-order valence-electron chi connectivity index (χ1n) is 6.96. The van der Waals surface area contributed by atoms with Crippen molar-refractivity contribution in [3.63, 3.8) is 0 Å². The van der Waals surface area contributed by atoms with Crippen LogP contribution in [0.1, 0.15) is 38.7 Å². The molecule has 1 aromatic carbocycles. The predicted molar refractivity (Wildman–Crippen MR) is 78.4 cm³/mol. The summed E-state index contributed by atoms with van der Waals surface area (Å²) in [7, 11) is 0. The van der Waals surface area contributed by atoms with Gasteiger partial charge >= 0.3 is 6.03 Å². The normalized spacial score (nSPS) is 11.9. The summed E-state index contributed by atoms with van der Waals surface area (Å²) in [6, 6.07) is 7.42. The van der Waals surface area contributed by atoms with E-state index in [2.05, 4.69) is 17.6 Å². The van der Waals surface area contributed by atoms with Crippen molar-refractivity contribution in [2.24, 2.45) is 0 Å². The Balaban J connectivity index is 2.46. The minimum absolute atomic E-state index is 0.0418. The summed E-state index contributed by atoms with van der Waals surface area (Å²) in [5.74, 6) is 0. The van der Waals surface area contributed by atoms with Gasteiger partial charge in [0.15, 0.2) is 0 Å². The second-order valence-electron chi connectivity index (χ2n) is 4.69. The molecular weight excluding hydrogens is 240 g/mol. The van der Waals surface area contributed by atoms with Crippen molar-refractivity contribution >= 4 is 11.7 Å². The van der Waals surface area contributed by atoms with Crippen LogP contribution in [0.3, 0.4) is 0 Å². The number of nitrogens with one attached hydrogen (secondary N) is 2. The number of benzene rings is 1. The maximum Gasteiger partial charge on any atom is 0.319 e. The molecule has 106 valence electrons. The van der Waals surface area contributed by atoms with Crippen LogP contribution >= 0.6 is 0 Å². The molecule has 0 heterocycles. The number of urea groups is 1. The van der Waals surface area contributed by atoms with E-state index in [-0.39, 0.29) is 18.7 Å². The van der Waals surface area contributed by atoms with Gasteiger partial charge < -0.3 is 15.7 Å². The lowest BCUT2D eigenvalue weighted by Crippen LogP contribution is -2.39. The van der Waals surface area contributed by atoms with Crippen molar-refractivity contribution in [2.45, 2.75) is 45.6 Å². The van der Waals surface area contributed by atoms with Crippen LogP contribution in [-0.4, -0.2) is 23.8 Å². The van der Waals surface area contributed by atoms with Crippen LogP contribution in [0, 0.1) is 0 Å². The number of hydrogen-bond acceptors (Lipinski definition) is 2. The van der Waals surface area contributed by atoms with Crippen LogP contribution in [0.25, 0.3) is 0 Å². The lowest BCUT2D eigenvalue weighted by Gasteiger charge is -2.14. The van der Waals surface area contributed by atoms with Crippen molar-refractivity contribution in [3.05, 3.63) is 29.8 Å². The fraction of sp³-hybridized carbons (Fsp3) is 0.533. The number of carbonyl (C=O) groups excluding carboxylic acids is 1. The van der Waals surface area contributed by atoms with Gasteiger partial charge in [0.25, 0.3) is 0 Å². The number of amides is 2. The van der Waals surface area contributed by atoms with Crippen molar-refractivity contribution in [2.75, 3.05) is 11.9 Å². The summed E-state index contributed by atoms with van der Waals surface area (Å²) in [6.07, 6.45) is 4.15. The van der Waals surface area contributed by atoms with Gasteiger partial charge in [-0.25, -0.2) is 4.79 Å². The Hall–Kier alpha value is -1.55. The van der Waals surface area contributed by atoms with Crippen LogP contribution in [0.15, 0.2) is 24.3 Å². The number of aryl methyl sites for hydroxylation is 1. The third kappa shape index (κ3) is 5.75. The van der Waals surface area contributed by atoms with Crippen molar-refractivity contribution < 1.29 is 9.90 Å². The molecule has 4 heteroatoms. The second kappa shape index (κ2) is 8.53. The average Bonchev–Trinajstić information content (AvgIpc) is 2.44. The monoisotopic (exact) mass is 264 g/mol. The summed E-state index contributed by atoms with van der Waals surface area (Å²) in [6.45, 7) is 4.05. The summed E-state index contributed by atoms with van der Waals surface area (Å²) < 4.78 is 0. The Bertz CT molecular complexity index is 372. The molecule has 1 aromatic rings. The van der Waals surface area contributed by atoms with Crippen LogP contribution in [-0.2, 0) is 6.42 Å². The smallest absolute Gasteiger partial charge is 0.319 e. The van der Waals surface area contributed by atoms with Gasteiger partial charge in [-0.15, -0.1) is 0 Å². The Labute approximate surface area is 115 Å². The van der Waals surface area contributed by atoms with Crippen LogP contribution in [0.2, 0.25) is 0 Å². The number of anilines is 1. The molecule has 0 aliphatic carbocycles. The summed E-state index contributed by atoms with van der Waals surface area (Å²) >= 11 is 0. The Morgan fingerprint density at radius 2 is 1.95 bits per heavy atom. The van der Waals surface area contributed by atoms with Gasteiger partial charge in [0.05, 0.1) is 12.6 Å². The molecule has 4 nitrogen and oxygen atoms in total. The SMILES string of the molecule is CCCCc1ccc(NC(=O)NC(CC)CO)cc1. The van der Waals surface area contributed by atoms with Gasteiger partial charge in [0.1, 0.15) is 0 Å². The third-order valence-electron chi connectivity index (χ3n) is 3.08. The van der Waals surface area contributed by atoms with Gasteiger partial charge in [0, 0.05) is 5.69 Å². The highest BCUT2D eigenvalue weighted by atomic mass is 16.3. The molecule has 3 N–H and O–H groups in total. The molecule has 19 heavy (non-hydrogen) atoms. The molecule has 0 spiro atoms. The highest BCUT2D eigenvalue weighted by Gasteiger charge is 2.08. The summed E-state index contributed by atoms with van der Waals surface area (Å²) in [5.41, 5.74) is 2.06. The van der Waals surface area contributed by atoms with E-state index in [4.69, 9.17) is 5.11 Å². The molecule has 1 rings (SSSR count). The van der Waals surface area contributed by atoms with E-state index in [0.717, 1.165) is 12.1 Å². The van der Waals surface area contributed by atoms with E-state index in [9.17, 15) is 4.79 Å². The third-order valence-corrected chi connectivity index (χ3v) is 3.08. The number of unbranched alkanes of at least 4 members (excludes halogenated alkanes) is 1. The van der Waals surface area contributed by atoms with Crippen LogP contribution < -0.4 is 10.6 Å². The van der Waals surface area contributed by atoms with E-state index in [1.54, 1.807) is 0 Å². The standard InChI is InChI=1S/C15H24N2O2/c1-3-5-6-12-7-9-14(10-8-12)17-15(19)16-13(4-2)11-18/h7-10,13,18H,3-6,11H2,1-2H3,(H2,16,17,19). The maximum atomic E-state index is 11.7. The van der Waals surface area contributed by atoms with E-state index in [0.29, 0.717) is 6.42 Å². The summed E-state index contributed by atoms with van der Waals surface area (Å²) in [4.78, 5) is 11.7. The average molecular weight is 264 g/mol. The van der Waals surface area contributed by atoms with E-state index >= 15 is 0 Å². The molecule has 0 radical (unpaired) electrons. The Morgan fingerprint density at radius 3 is 2.47 bits per heavy atom. The van der Waals surface area contributed by atoms with Crippen molar-refractivity contribution in [1.82, 2.24) is 5.32 Å². The van der Waals surface area contributed by atoms with Gasteiger partial charge in [-0.2, -0.15) is 0 Å². The fourth-order valence-electron chi connectivity index (χ4n) is 1.77. The Kier molecular flexibility index (Phi) is 6.97. The number of hydrogen-bond donors (Lipinski definition) is 3. The molecule has 0 saturated heterocycles. The number of carbonyl (C=O) groups is 1. The molecule has 0 saturated carbocycles. The first-order chi connectivity index (χ1) is 9.19. The highest BCUT2D eigenvalue weighted by molar-refractivity contribution is 5.89. The van der Waals surface area contributed by atoms with Gasteiger partial charge in [0.2, 0.25) is 0 Å². The quantitative estimate of drug-likeness (QED) is 0.709. The number of aliphatic hydroxyl groups is 1. The zero-order chi connectivity index (χ0) is 14.1. The van der Waals surface area contributed by atoms with Gasteiger partial charge in [-0.3, -0.25) is 0 Å². The molecule has 1 atom stereocenters. The van der Waals surface area contributed by atoms with Crippen molar-refractivity contribution in [3.8, 4) is 0 Å². The lowest BCUT2D eigenvalue weighted by molar-refractivity contribution is 0.222. The molecule has 0 aromatic heterocycles. The second-order valence-corrected chi connectivity index (χ2v) is 4.69. The Morgan fingerprint density at radius 1 is 1.26 bits per heavy atom. The van der Waals surface area contributed by atoms with Gasteiger partial charge in [-0.05, 0) is 37.0 Å². The first-order valence-corrected chi connectivity index (χ1v) is 6.96. The minimum Gasteiger partial charge on any atom is -0.394 e. The van der Waals surface area contributed by atoms with Crippen molar-refractivity contribution in [1.29, 1.82) is 0 Å². The van der Waals surface area contributed by atoms with E-state index in [1.807, 2.05) is 31.2 Å². The van der Waals surface area contributed by atoms with E-state index < -0.39 is 0 Å². The molecular formula is C15H24N2O2. The molecule has 1 unspecified atom stereocenters. The maximum absolute atomic E-state index is 11.7. The zero-order valence-electron chi connectivity index (χ0n) is 11.8. The largest absolute Gasteiger partial charge is 0.394 e. The molecule has 0 aliphatic heterocycles. The predicted octanol–water partition coefficient (Wildman–Crippen LogP) is 2.92. The fourth-order valence-corrected chi connectivity index (χ4v) is 1.77. The number of rotatable bonds is 7. The molecule has 0 fully saturated rings. The minimum atomic E-state index is -0.276. The molecule has 0 bridgehead atoms.